The number of para-hydroxylation sites is 1. The largest absolute Gasteiger partial charge is 0.457 e. The van der Waals surface area contributed by atoms with Crippen molar-refractivity contribution in [1.29, 1.82) is 0 Å². The number of furan rings is 1. The van der Waals surface area contributed by atoms with Gasteiger partial charge < -0.3 is 19.2 Å². The summed E-state index contributed by atoms with van der Waals surface area (Å²) in [4.78, 5) is 24.7. The van der Waals surface area contributed by atoms with Crippen LogP contribution in [0.2, 0.25) is 0 Å². The van der Waals surface area contributed by atoms with Gasteiger partial charge in [0.05, 0.1) is 0 Å². The SMILES string of the molecule is Cc1c(C(=O)OCC(=O)Nc2cccc(Oc3ccccc3)c2)oc2ccc(Br)cc12. The molecule has 0 spiro atoms. The van der Waals surface area contributed by atoms with Crippen LogP contribution in [0.15, 0.2) is 81.7 Å². The van der Waals surface area contributed by atoms with E-state index >= 15 is 0 Å². The molecule has 0 aliphatic rings. The number of anilines is 1. The molecule has 0 atom stereocenters. The number of carbonyl (C=O) groups is 2. The Labute approximate surface area is 186 Å². The van der Waals surface area contributed by atoms with E-state index in [2.05, 4.69) is 21.2 Å². The van der Waals surface area contributed by atoms with Crippen LogP contribution in [-0.4, -0.2) is 18.5 Å². The molecular formula is C24H18BrNO5. The molecule has 31 heavy (non-hydrogen) atoms. The molecule has 0 aliphatic carbocycles. The van der Waals surface area contributed by atoms with Crippen LogP contribution < -0.4 is 10.1 Å². The van der Waals surface area contributed by atoms with E-state index in [1.807, 2.05) is 42.5 Å². The number of nitrogens with one attached hydrogen (secondary N) is 1. The Morgan fingerprint density at radius 1 is 0.968 bits per heavy atom. The number of ether oxygens (including phenoxy) is 2. The number of rotatable bonds is 6. The first-order valence-electron chi connectivity index (χ1n) is 9.48. The number of hydrogen-bond donors (Lipinski definition) is 1. The summed E-state index contributed by atoms with van der Waals surface area (Å²) in [6.45, 7) is 1.33. The number of amides is 1. The fourth-order valence-electron chi connectivity index (χ4n) is 3.04. The molecule has 1 aromatic heterocycles. The summed E-state index contributed by atoms with van der Waals surface area (Å²) >= 11 is 3.40. The van der Waals surface area contributed by atoms with Crippen molar-refractivity contribution in [2.24, 2.45) is 0 Å². The van der Waals surface area contributed by atoms with Gasteiger partial charge in [0.25, 0.3) is 5.91 Å². The van der Waals surface area contributed by atoms with Crippen molar-refractivity contribution >= 4 is 44.5 Å². The maximum absolute atomic E-state index is 12.4. The van der Waals surface area contributed by atoms with Crippen molar-refractivity contribution in [2.45, 2.75) is 6.92 Å². The minimum absolute atomic E-state index is 0.0826. The van der Waals surface area contributed by atoms with Gasteiger partial charge in [0.15, 0.2) is 6.61 Å². The van der Waals surface area contributed by atoms with E-state index in [1.165, 1.54) is 0 Å². The summed E-state index contributed by atoms with van der Waals surface area (Å²) in [6.07, 6.45) is 0. The van der Waals surface area contributed by atoms with E-state index in [4.69, 9.17) is 13.9 Å². The van der Waals surface area contributed by atoms with Crippen LogP contribution in [0.1, 0.15) is 16.1 Å². The Bertz CT molecular complexity index is 1250. The van der Waals surface area contributed by atoms with Gasteiger partial charge in [0.1, 0.15) is 17.1 Å². The second-order valence-corrected chi connectivity index (χ2v) is 7.68. The molecule has 0 bridgehead atoms. The lowest BCUT2D eigenvalue weighted by atomic mass is 10.1. The first-order chi connectivity index (χ1) is 15.0. The van der Waals surface area contributed by atoms with Crippen LogP contribution in [0.5, 0.6) is 11.5 Å². The number of carbonyl (C=O) groups excluding carboxylic acids is 2. The van der Waals surface area contributed by atoms with Crippen molar-refractivity contribution in [3.8, 4) is 11.5 Å². The minimum Gasteiger partial charge on any atom is -0.457 e. The predicted molar refractivity (Wildman–Crippen MR) is 121 cm³/mol. The average Bonchev–Trinajstić information content (AvgIpc) is 3.09. The number of fused-ring (bicyclic) bond motifs is 1. The van der Waals surface area contributed by atoms with Crippen molar-refractivity contribution < 1.29 is 23.5 Å². The van der Waals surface area contributed by atoms with E-state index < -0.39 is 18.5 Å². The van der Waals surface area contributed by atoms with Gasteiger partial charge in [0, 0.05) is 27.2 Å². The lowest BCUT2D eigenvalue weighted by Gasteiger charge is -2.09. The zero-order valence-corrected chi connectivity index (χ0v) is 18.1. The summed E-state index contributed by atoms with van der Waals surface area (Å²) in [5.74, 6) is 0.181. The molecule has 0 aliphatic heterocycles. The maximum atomic E-state index is 12.4. The molecule has 1 amide bonds. The lowest BCUT2D eigenvalue weighted by Crippen LogP contribution is -2.21. The fourth-order valence-corrected chi connectivity index (χ4v) is 3.40. The fraction of sp³-hybridized carbons (Fsp3) is 0.0833. The molecule has 7 heteroatoms. The third-order valence-corrected chi connectivity index (χ3v) is 5.01. The van der Waals surface area contributed by atoms with Crippen LogP contribution in [0.3, 0.4) is 0 Å². The monoisotopic (exact) mass is 479 g/mol. The quantitative estimate of drug-likeness (QED) is 0.338. The zero-order valence-electron chi connectivity index (χ0n) is 16.6. The number of esters is 1. The molecule has 1 heterocycles. The van der Waals surface area contributed by atoms with Crippen LogP contribution in [0.4, 0.5) is 5.69 Å². The molecule has 0 saturated carbocycles. The molecule has 6 nitrogen and oxygen atoms in total. The average molecular weight is 480 g/mol. The van der Waals surface area contributed by atoms with Gasteiger partial charge >= 0.3 is 5.97 Å². The molecule has 4 rings (SSSR count). The second-order valence-electron chi connectivity index (χ2n) is 6.76. The van der Waals surface area contributed by atoms with Gasteiger partial charge in [-0.15, -0.1) is 0 Å². The van der Waals surface area contributed by atoms with Gasteiger partial charge in [-0.2, -0.15) is 0 Å². The van der Waals surface area contributed by atoms with Gasteiger partial charge in [-0.05, 0) is 49.4 Å². The molecular weight excluding hydrogens is 462 g/mol. The lowest BCUT2D eigenvalue weighted by molar-refractivity contribution is -0.119. The zero-order chi connectivity index (χ0) is 21.8. The first kappa shape index (κ1) is 20.7. The Kier molecular flexibility index (Phi) is 6.04. The van der Waals surface area contributed by atoms with Crippen LogP contribution in [0.25, 0.3) is 11.0 Å². The molecule has 0 fully saturated rings. The van der Waals surface area contributed by atoms with Gasteiger partial charge in [-0.3, -0.25) is 4.79 Å². The summed E-state index contributed by atoms with van der Waals surface area (Å²) < 4.78 is 17.4. The highest BCUT2D eigenvalue weighted by molar-refractivity contribution is 9.10. The third kappa shape index (κ3) is 4.95. The van der Waals surface area contributed by atoms with Crippen molar-refractivity contribution in [1.82, 2.24) is 0 Å². The van der Waals surface area contributed by atoms with Crippen LogP contribution >= 0.6 is 15.9 Å². The number of halogens is 1. The second kappa shape index (κ2) is 9.06. The molecule has 156 valence electrons. The minimum atomic E-state index is -0.693. The normalized spacial score (nSPS) is 10.6. The summed E-state index contributed by atoms with van der Waals surface area (Å²) in [5.41, 5.74) is 1.76. The Morgan fingerprint density at radius 3 is 2.55 bits per heavy atom. The maximum Gasteiger partial charge on any atom is 0.375 e. The third-order valence-electron chi connectivity index (χ3n) is 4.51. The number of aryl methyl sites for hydroxylation is 1. The van der Waals surface area contributed by atoms with Gasteiger partial charge in [-0.25, -0.2) is 4.79 Å². The first-order valence-corrected chi connectivity index (χ1v) is 10.3. The highest BCUT2D eigenvalue weighted by Crippen LogP contribution is 2.28. The summed E-state index contributed by atoms with van der Waals surface area (Å²) in [6, 6.07) is 21.7. The molecule has 0 radical (unpaired) electrons. The predicted octanol–water partition coefficient (Wildman–Crippen LogP) is 6.09. The Hall–Kier alpha value is -3.58. The van der Waals surface area contributed by atoms with Crippen LogP contribution in [0, 0.1) is 6.92 Å². The topological polar surface area (TPSA) is 77.8 Å². The standard InChI is InChI=1S/C24H18BrNO5/c1-15-20-12-16(25)10-11-21(20)31-23(15)24(28)29-14-22(27)26-17-6-5-9-19(13-17)30-18-7-3-2-4-8-18/h2-13H,14H2,1H3,(H,26,27). The van der Waals surface area contributed by atoms with Crippen molar-refractivity contribution in [2.75, 3.05) is 11.9 Å². The van der Waals surface area contributed by atoms with Crippen LogP contribution in [-0.2, 0) is 9.53 Å². The summed E-state index contributed by atoms with van der Waals surface area (Å²) in [5, 5.41) is 3.50. The van der Waals surface area contributed by atoms with Gasteiger partial charge in [0.2, 0.25) is 5.76 Å². The van der Waals surface area contributed by atoms with E-state index in [1.54, 1.807) is 37.3 Å². The highest BCUT2D eigenvalue weighted by atomic mass is 79.9. The van der Waals surface area contributed by atoms with E-state index in [0.717, 1.165) is 9.86 Å². The number of hydrogen-bond acceptors (Lipinski definition) is 5. The molecule has 1 N–H and O–H groups in total. The highest BCUT2D eigenvalue weighted by Gasteiger charge is 2.20. The van der Waals surface area contributed by atoms with E-state index in [0.29, 0.717) is 28.3 Å². The number of benzene rings is 3. The molecule has 0 unspecified atom stereocenters. The van der Waals surface area contributed by atoms with Crippen molar-refractivity contribution in [3.05, 3.63) is 88.6 Å². The van der Waals surface area contributed by atoms with Gasteiger partial charge in [-0.1, -0.05) is 40.2 Å². The Balaban J connectivity index is 1.37. The van der Waals surface area contributed by atoms with E-state index in [9.17, 15) is 9.59 Å². The summed E-state index contributed by atoms with van der Waals surface area (Å²) in [7, 11) is 0. The van der Waals surface area contributed by atoms with E-state index in [-0.39, 0.29) is 5.76 Å². The molecule has 4 aromatic rings. The smallest absolute Gasteiger partial charge is 0.375 e. The van der Waals surface area contributed by atoms with Crippen molar-refractivity contribution in [3.63, 3.8) is 0 Å². The molecule has 3 aromatic carbocycles. The Morgan fingerprint density at radius 2 is 1.74 bits per heavy atom. The molecule has 0 saturated heterocycles.